The summed E-state index contributed by atoms with van der Waals surface area (Å²) in [5.41, 5.74) is -0.415. The number of benzene rings is 2. The Morgan fingerprint density at radius 2 is 1.78 bits per heavy atom. The average molecular weight is 443 g/mol. The molecular formula is C25H24F3NO3. The summed E-state index contributed by atoms with van der Waals surface area (Å²) >= 11 is 0. The number of ether oxygens (including phenoxy) is 2. The van der Waals surface area contributed by atoms with Gasteiger partial charge in [-0.15, -0.1) is 0 Å². The molecule has 0 aromatic heterocycles. The lowest BCUT2D eigenvalue weighted by Crippen LogP contribution is -2.42. The van der Waals surface area contributed by atoms with Gasteiger partial charge in [-0.1, -0.05) is 18.7 Å². The summed E-state index contributed by atoms with van der Waals surface area (Å²) in [6.07, 6.45) is -3.56. The molecule has 7 heteroatoms. The van der Waals surface area contributed by atoms with Crippen molar-refractivity contribution < 1.29 is 27.4 Å². The second-order valence-electron chi connectivity index (χ2n) is 7.85. The van der Waals surface area contributed by atoms with E-state index in [1.54, 1.807) is 52.0 Å². The van der Waals surface area contributed by atoms with Gasteiger partial charge >= 0.3 is 12.1 Å². The van der Waals surface area contributed by atoms with Crippen LogP contribution < -0.4 is 4.74 Å². The molecule has 0 radical (unpaired) electrons. The van der Waals surface area contributed by atoms with Crippen LogP contribution in [0.1, 0.15) is 44.4 Å². The molecule has 4 nitrogen and oxygen atoms in total. The summed E-state index contributed by atoms with van der Waals surface area (Å²) in [5, 5.41) is 9.49. The Labute approximate surface area is 185 Å². The first-order valence-corrected chi connectivity index (χ1v) is 9.78. The van der Waals surface area contributed by atoms with Crippen molar-refractivity contribution in [1.82, 2.24) is 0 Å². The fraction of sp³-hybridized carbons (Fsp3) is 0.280. The largest absolute Gasteiger partial charge is 0.487 e. The summed E-state index contributed by atoms with van der Waals surface area (Å²) in [6, 6.07) is 13.3. The predicted molar refractivity (Wildman–Crippen MR) is 116 cm³/mol. The van der Waals surface area contributed by atoms with Crippen LogP contribution >= 0.6 is 0 Å². The van der Waals surface area contributed by atoms with E-state index < -0.39 is 29.4 Å². The van der Waals surface area contributed by atoms with Gasteiger partial charge in [0.1, 0.15) is 17.5 Å². The zero-order valence-electron chi connectivity index (χ0n) is 18.3. The number of allylic oxidation sites excluding steroid dienone is 1. The van der Waals surface area contributed by atoms with Gasteiger partial charge in [-0.25, -0.2) is 4.79 Å². The maximum Gasteiger partial charge on any atom is 0.416 e. The fourth-order valence-electron chi connectivity index (χ4n) is 2.62. The summed E-state index contributed by atoms with van der Waals surface area (Å²) in [5.74, 6) is -0.0313. The Morgan fingerprint density at radius 1 is 1.16 bits per heavy atom. The number of carbonyl (C=O) groups excluding carboxylic acids is 1. The minimum absolute atomic E-state index is 0.208. The summed E-state index contributed by atoms with van der Waals surface area (Å²) < 4.78 is 50.0. The van der Waals surface area contributed by atoms with Crippen molar-refractivity contribution in [3.05, 3.63) is 77.4 Å². The second kappa shape index (κ2) is 9.73. The lowest BCUT2D eigenvalue weighted by atomic mass is 10.0. The normalized spacial score (nSPS) is 13.1. The Bertz CT molecular complexity index is 1060. The highest BCUT2D eigenvalue weighted by Crippen LogP contribution is 2.31. The van der Waals surface area contributed by atoms with Gasteiger partial charge < -0.3 is 9.47 Å². The first-order valence-electron chi connectivity index (χ1n) is 9.78. The molecule has 0 aliphatic rings. The number of halogens is 3. The second-order valence-corrected chi connectivity index (χ2v) is 7.85. The van der Waals surface area contributed by atoms with Gasteiger partial charge in [0.15, 0.2) is 0 Å². The highest BCUT2D eigenvalue weighted by Gasteiger charge is 2.32. The molecule has 0 N–H and O–H groups in total. The van der Waals surface area contributed by atoms with Crippen LogP contribution in [-0.2, 0) is 15.7 Å². The molecule has 0 saturated carbocycles. The Hall–Kier alpha value is -3.53. The van der Waals surface area contributed by atoms with Gasteiger partial charge in [0, 0.05) is 5.57 Å². The van der Waals surface area contributed by atoms with Crippen LogP contribution in [-0.4, -0.2) is 17.7 Å². The van der Waals surface area contributed by atoms with E-state index in [0.717, 1.165) is 12.1 Å². The molecule has 0 aliphatic heterocycles. The van der Waals surface area contributed by atoms with Crippen molar-refractivity contribution in [2.45, 2.75) is 45.6 Å². The molecule has 0 spiro atoms. The fourth-order valence-corrected chi connectivity index (χ4v) is 2.62. The van der Waals surface area contributed by atoms with Crippen molar-refractivity contribution in [3.8, 4) is 11.8 Å². The molecule has 1 unspecified atom stereocenters. The van der Waals surface area contributed by atoms with Crippen LogP contribution in [0.4, 0.5) is 13.2 Å². The molecular weight excluding hydrogens is 419 g/mol. The van der Waals surface area contributed by atoms with Crippen LogP contribution in [0.25, 0.3) is 11.6 Å². The third kappa shape index (κ3) is 6.48. The van der Waals surface area contributed by atoms with Crippen LogP contribution in [0, 0.1) is 11.3 Å². The first kappa shape index (κ1) is 24.7. The lowest BCUT2D eigenvalue weighted by Gasteiger charge is -2.31. The number of hydrogen-bond acceptors (Lipinski definition) is 4. The van der Waals surface area contributed by atoms with Gasteiger partial charge in [0.2, 0.25) is 0 Å². The molecule has 2 aromatic carbocycles. The van der Waals surface area contributed by atoms with Crippen LogP contribution in [0.2, 0.25) is 0 Å². The Balaban J connectivity index is 2.19. The molecule has 0 heterocycles. The molecule has 0 fully saturated rings. The molecule has 1 atom stereocenters. The van der Waals surface area contributed by atoms with E-state index in [2.05, 4.69) is 6.58 Å². The molecule has 0 amide bonds. The topological polar surface area (TPSA) is 59.3 Å². The number of alkyl halides is 3. The van der Waals surface area contributed by atoms with Gasteiger partial charge in [-0.05, 0) is 81.3 Å². The highest BCUT2D eigenvalue weighted by atomic mass is 19.4. The van der Waals surface area contributed by atoms with Crippen molar-refractivity contribution in [2.24, 2.45) is 0 Å². The number of nitriles is 1. The van der Waals surface area contributed by atoms with E-state index in [4.69, 9.17) is 9.47 Å². The molecule has 0 aliphatic carbocycles. The third-order valence-electron chi connectivity index (χ3n) is 4.81. The molecule has 2 aromatic rings. The SMILES string of the molecule is C=C(C)C(=O)OC(C)(C)C(C)Oc1ccc(/C(C#N)=C/c2cccc(C(F)(F)F)c2)cc1. The molecule has 0 bridgehead atoms. The summed E-state index contributed by atoms with van der Waals surface area (Å²) in [4.78, 5) is 11.8. The van der Waals surface area contributed by atoms with Crippen molar-refractivity contribution >= 4 is 17.6 Å². The van der Waals surface area contributed by atoms with Gasteiger partial charge in [-0.3, -0.25) is 0 Å². The van der Waals surface area contributed by atoms with Gasteiger partial charge in [0.05, 0.1) is 17.2 Å². The standard InChI is InChI=1S/C25H24F3NO3/c1-16(2)23(30)32-24(4,5)17(3)31-22-11-9-19(10-12-22)20(15-29)13-18-7-6-8-21(14-18)25(26,27)28/h6-14,17H,1H2,2-5H3/b20-13+. The van der Waals surface area contributed by atoms with Crippen LogP contribution in [0.3, 0.4) is 0 Å². The number of carbonyl (C=O) groups is 1. The zero-order valence-corrected chi connectivity index (χ0v) is 18.3. The van der Waals surface area contributed by atoms with E-state index >= 15 is 0 Å². The minimum Gasteiger partial charge on any atom is -0.487 e. The Morgan fingerprint density at radius 3 is 2.31 bits per heavy atom. The molecule has 168 valence electrons. The van der Waals surface area contributed by atoms with E-state index in [0.29, 0.717) is 11.3 Å². The summed E-state index contributed by atoms with van der Waals surface area (Å²) in [6.45, 7) is 10.3. The number of nitrogens with zero attached hydrogens (tertiary/aromatic N) is 1. The van der Waals surface area contributed by atoms with Crippen LogP contribution in [0.5, 0.6) is 5.75 Å². The third-order valence-corrected chi connectivity index (χ3v) is 4.81. The molecule has 2 rings (SSSR count). The minimum atomic E-state index is -4.46. The summed E-state index contributed by atoms with van der Waals surface area (Å²) in [7, 11) is 0. The van der Waals surface area contributed by atoms with E-state index in [1.165, 1.54) is 18.2 Å². The van der Waals surface area contributed by atoms with Crippen molar-refractivity contribution in [1.29, 1.82) is 5.26 Å². The molecule has 0 saturated heterocycles. The predicted octanol–water partition coefficient (Wildman–Crippen LogP) is 6.43. The zero-order chi connectivity index (χ0) is 24.1. The maximum atomic E-state index is 12.9. The lowest BCUT2D eigenvalue weighted by molar-refractivity contribution is -0.159. The monoisotopic (exact) mass is 443 g/mol. The molecule has 32 heavy (non-hydrogen) atoms. The van der Waals surface area contributed by atoms with Gasteiger partial charge in [-0.2, -0.15) is 18.4 Å². The average Bonchev–Trinajstić information content (AvgIpc) is 2.72. The Kier molecular flexibility index (Phi) is 7.52. The quantitative estimate of drug-likeness (QED) is 0.214. The maximum absolute atomic E-state index is 12.9. The highest BCUT2D eigenvalue weighted by molar-refractivity contribution is 5.89. The smallest absolute Gasteiger partial charge is 0.416 e. The number of hydrogen-bond donors (Lipinski definition) is 0. The van der Waals surface area contributed by atoms with E-state index in [-0.39, 0.29) is 16.7 Å². The number of esters is 1. The number of rotatable bonds is 7. The van der Waals surface area contributed by atoms with E-state index in [1.807, 2.05) is 6.07 Å². The van der Waals surface area contributed by atoms with Crippen molar-refractivity contribution in [2.75, 3.05) is 0 Å². The van der Waals surface area contributed by atoms with Crippen LogP contribution in [0.15, 0.2) is 60.7 Å². The van der Waals surface area contributed by atoms with Crippen molar-refractivity contribution in [3.63, 3.8) is 0 Å². The van der Waals surface area contributed by atoms with E-state index in [9.17, 15) is 23.2 Å². The van der Waals surface area contributed by atoms with Gasteiger partial charge in [0.25, 0.3) is 0 Å². The first-order chi connectivity index (χ1) is 14.8.